The molecule has 2 aliphatic rings. The van der Waals surface area contributed by atoms with Crippen molar-refractivity contribution in [2.45, 2.75) is 63.2 Å². The van der Waals surface area contributed by atoms with Gasteiger partial charge in [-0.2, -0.15) is 18.2 Å². The first-order valence-electron chi connectivity index (χ1n) is 14.6. The lowest BCUT2D eigenvalue weighted by Crippen LogP contribution is -2.47. The van der Waals surface area contributed by atoms with Crippen LogP contribution in [0.4, 0.5) is 23.2 Å². The molecule has 2 fully saturated rings. The van der Waals surface area contributed by atoms with Crippen molar-refractivity contribution < 1.29 is 31.6 Å². The third-order valence-electron chi connectivity index (χ3n) is 8.60. The van der Waals surface area contributed by atoms with E-state index in [4.69, 9.17) is 9.26 Å². The van der Waals surface area contributed by atoms with Crippen LogP contribution in [-0.2, 0) is 23.4 Å². The summed E-state index contributed by atoms with van der Waals surface area (Å²) in [7, 11) is 1.90. The normalized spacial score (nSPS) is 21.0. The lowest BCUT2D eigenvalue weighted by Gasteiger charge is -2.35. The Morgan fingerprint density at radius 1 is 1.20 bits per heavy atom. The van der Waals surface area contributed by atoms with E-state index in [9.17, 15) is 22.4 Å². The van der Waals surface area contributed by atoms with E-state index < -0.39 is 24.9 Å². The van der Waals surface area contributed by atoms with E-state index in [0.29, 0.717) is 54.9 Å². The Morgan fingerprint density at radius 2 is 2.00 bits per heavy atom. The standard InChI is InChI=1S/C30H35F4N7O3/c1-29(8-12-43-13-9-29)40-11-6-19(16-40)28(42)35-15-26-37-27(38-44-26)25-14-20-22(36-23-17-39(2)10-7-21(23)31)4-3-5-24(20)41(25)18-30(32,33)34/h3-6,11,14,16,21,23,36H,7-10,12-13,15,17-18H2,1-2H3,(H,35,42)/t21-,23+/m0/s1. The minimum Gasteiger partial charge on any atom is -0.381 e. The van der Waals surface area contributed by atoms with Crippen LogP contribution in [-0.4, -0.2) is 81.8 Å². The number of aromatic nitrogens is 4. The van der Waals surface area contributed by atoms with Crippen molar-refractivity contribution >= 4 is 22.5 Å². The van der Waals surface area contributed by atoms with Crippen LogP contribution in [0.2, 0.25) is 0 Å². The Kier molecular flexibility index (Phi) is 8.14. The number of carbonyl (C=O) groups excluding carboxylic acids is 1. The zero-order valence-electron chi connectivity index (χ0n) is 24.5. The second kappa shape index (κ2) is 11.9. The SMILES string of the molecule is CN1CC[C@H](F)[C@H](Nc2cccc3c2cc(-c2noc(CNC(=O)c4ccn(C5(C)CCOCC5)c4)n2)n3CC(F)(F)F)C1. The van der Waals surface area contributed by atoms with E-state index in [1.807, 2.05) is 22.7 Å². The summed E-state index contributed by atoms with van der Waals surface area (Å²) in [6.45, 7) is 3.15. The molecule has 0 saturated carbocycles. The third kappa shape index (κ3) is 6.32. The molecule has 14 heteroatoms. The number of halogens is 4. The lowest BCUT2D eigenvalue weighted by atomic mass is 9.92. The maximum atomic E-state index is 14.7. The van der Waals surface area contributed by atoms with Crippen molar-refractivity contribution in [2.75, 3.05) is 38.7 Å². The predicted octanol–water partition coefficient (Wildman–Crippen LogP) is 4.96. The molecule has 2 aliphatic heterocycles. The number of fused-ring (bicyclic) bond motifs is 1. The van der Waals surface area contributed by atoms with Gasteiger partial charge < -0.3 is 33.9 Å². The molecule has 5 heterocycles. The Bertz CT molecular complexity index is 1620. The second-order valence-corrected chi connectivity index (χ2v) is 11.9. The average molecular weight is 618 g/mol. The van der Waals surface area contributed by atoms with Gasteiger partial charge in [0.15, 0.2) is 0 Å². The first-order valence-corrected chi connectivity index (χ1v) is 14.6. The molecule has 0 aliphatic carbocycles. The molecule has 3 aromatic heterocycles. The van der Waals surface area contributed by atoms with Crippen molar-refractivity contribution in [3.63, 3.8) is 0 Å². The number of amides is 1. The summed E-state index contributed by atoms with van der Waals surface area (Å²) in [6.07, 6.45) is 0.0867. The Balaban J connectivity index is 1.22. The van der Waals surface area contributed by atoms with Gasteiger partial charge in [-0.1, -0.05) is 11.2 Å². The maximum absolute atomic E-state index is 14.7. The quantitative estimate of drug-likeness (QED) is 0.270. The summed E-state index contributed by atoms with van der Waals surface area (Å²) >= 11 is 0. The fourth-order valence-corrected chi connectivity index (χ4v) is 5.99. The van der Waals surface area contributed by atoms with Crippen LogP contribution in [0.3, 0.4) is 0 Å². The number of hydrogen-bond donors (Lipinski definition) is 2. The summed E-state index contributed by atoms with van der Waals surface area (Å²) < 4.78 is 69.8. The first-order chi connectivity index (χ1) is 21.0. The molecule has 236 valence electrons. The number of alkyl halides is 4. The van der Waals surface area contributed by atoms with Gasteiger partial charge in [0.1, 0.15) is 12.7 Å². The minimum absolute atomic E-state index is 0.0388. The van der Waals surface area contributed by atoms with E-state index in [2.05, 4.69) is 27.7 Å². The van der Waals surface area contributed by atoms with Crippen LogP contribution in [0.5, 0.6) is 0 Å². The maximum Gasteiger partial charge on any atom is 0.406 e. The summed E-state index contributed by atoms with van der Waals surface area (Å²) in [5.74, 6) is -0.363. The fourth-order valence-electron chi connectivity index (χ4n) is 5.99. The molecule has 1 amide bonds. The van der Waals surface area contributed by atoms with E-state index in [1.54, 1.807) is 36.5 Å². The van der Waals surface area contributed by atoms with E-state index in [1.165, 1.54) is 0 Å². The van der Waals surface area contributed by atoms with Gasteiger partial charge in [-0.25, -0.2) is 4.39 Å². The predicted molar refractivity (Wildman–Crippen MR) is 155 cm³/mol. The zero-order valence-corrected chi connectivity index (χ0v) is 24.5. The van der Waals surface area contributed by atoms with Crippen LogP contribution >= 0.6 is 0 Å². The van der Waals surface area contributed by atoms with E-state index in [0.717, 1.165) is 17.4 Å². The molecule has 0 radical (unpaired) electrons. The summed E-state index contributed by atoms with van der Waals surface area (Å²) in [4.78, 5) is 19.2. The van der Waals surface area contributed by atoms with Crippen LogP contribution in [0, 0.1) is 0 Å². The van der Waals surface area contributed by atoms with Gasteiger partial charge in [-0.05, 0) is 57.5 Å². The lowest BCUT2D eigenvalue weighted by molar-refractivity contribution is -0.139. The van der Waals surface area contributed by atoms with Crippen molar-refractivity contribution in [1.82, 2.24) is 29.5 Å². The number of carbonyl (C=O) groups is 1. The van der Waals surface area contributed by atoms with Gasteiger partial charge in [0.05, 0.1) is 29.4 Å². The van der Waals surface area contributed by atoms with E-state index >= 15 is 0 Å². The fraction of sp³-hybridized carbons (Fsp3) is 0.500. The number of piperidine rings is 1. The topological polar surface area (TPSA) is 102 Å². The summed E-state index contributed by atoms with van der Waals surface area (Å²) in [5.41, 5.74) is 1.23. The monoisotopic (exact) mass is 617 g/mol. The Labute approximate surface area is 251 Å². The average Bonchev–Trinajstić information content (AvgIpc) is 3.73. The Morgan fingerprint density at radius 3 is 2.77 bits per heavy atom. The van der Waals surface area contributed by atoms with Crippen molar-refractivity contribution in [1.29, 1.82) is 0 Å². The number of rotatable bonds is 8. The van der Waals surface area contributed by atoms with Crippen LogP contribution < -0.4 is 10.6 Å². The van der Waals surface area contributed by atoms with Gasteiger partial charge in [-0.15, -0.1) is 0 Å². The van der Waals surface area contributed by atoms with Gasteiger partial charge >= 0.3 is 6.18 Å². The molecule has 10 nitrogen and oxygen atoms in total. The number of likely N-dealkylation sites (tertiary alicyclic amines) is 1. The molecule has 4 aromatic rings. The summed E-state index contributed by atoms with van der Waals surface area (Å²) in [5, 5.41) is 10.4. The van der Waals surface area contributed by atoms with Crippen molar-refractivity contribution in [3.8, 4) is 11.5 Å². The zero-order chi connectivity index (χ0) is 31.1. The number of nitrogens with zero attached hydrogens (tertiary/aromatic N) is 5. The molecule has 0 bridgehead atoms. The molecule has 2 atom stereocenters. The van der Waals surface area contributed by atoms with Crippen LogP contribution in [0.1, 0.15) is 42.4 Å². The molecule has 2 N–H and O–H groups in total. The molecule has 2 saturated heterocycles. The smallest absolute Gasteiger partial charge is 0.381 e. The number of ether oxygens (including phenoxy) is 1. The van der Waals surface area contributed by atoms with Gasteiger partial charge in [0, 0.05) is 55.3 Å². The van der Waals surface area contributed by atoms with Crippen molar-refractivity contribution in [2.24, 2.45) is 0 Å². The molecule has 0 unspecified atom stereocenters. The number of benzene rings is 1. The molecule has 1 aromatic carbocycles. The van der Waals surface area contributed by atoms with Crippen LogP contribution in [0.25, 0.3) is 22.4 Å². The van der Waals surface area contributed by atoms with Crippen LogP contribution in [0.15, 0.2) is 47.2 Å². The minimum atomic E-state index is -4.53. The number of hydrogen-bond acceptors (Lipinski definition) is 7. The van der Waals surface area contributed by atoms with E-state index in [-0.39, 0.29) is 35.4 Å². The third-order valence-corrected chi connectivity index (χ3v) is 8.60. The largest absolute Gasteiger partial charge is 0.406 e. The van der Waals surface area contributed by atoms with Gasteiger partial charge in [0.25, 0.3) is 5.91 Å². The Hall–Kier alpha value is -3.91. The molecular weight excluding hydrogens is 582 g/mol. The highest BCUT2D eigenvalue weighted by Gasteiger charge is 2.33. The number of nitrogens with one attached hydrogen (secondary N) is 2. The summed E-state index contributed by atoms with van der Waals surface area (Å²) in [6, 6.07) is 7.70. The molecule has 0 spiro atoms. The second-order valence-electron chi connectivity index (χ2n) is 11.9. The highest BCUT2D eigenvalue weighted by molar-refractivity contribution is 5.96. The molecular formula is C30H35F4N7O3. The van der Waals surface area contributed by atoms with Gasteiger partial charge in [-0.3, -0.25) is 4.79 Å². The van der Waals surface area contributed by atoms with Gasteiger partial charge in [0.2, 0.25) is 11.7 Å². The van der Waals surface area contributed by atoms with Crippen molar-refractivity contribution in [3.05, 3.63) is 54.2 Å². The number of anilines is 1. The number of likely N-dealkylation sites (N-methyl/N-ethyl adjacent to an activating group) is 1. The highest BCUT2D eigenvalue weighted by Crippen LogP contribution is 2.35. The highest BCUT2D eigenvalue weighted by atomic mass is 19.4. The molecule has 6 rings (SSSR count). The molecule has 44 heavy (non-hydrogen) atoms. The first kappa shape index (κ1) is 30.1.